The summed E-state index contributed by atoms with van der Waals surface area (Å²) in [5, 5.41) is 9.38. The molecule has 0 amide bonds. The van der Waals surface area contributed by atoms with Crippen molar-refractivity contribution in [2.24, 2.45) is 5.41 Å². The Bertz CT molecular complexity index is 163. The van der Waals surface area contributed by atoms with Gasteiger partial charge in [0.2, 0.25) is 0 Å². The molecule has 0 aliphatic carbocycles. The largest absolute Gasteiger partial charge is 0.384 e. The van der Waals surface area contributed by atoms with Gasteiger partial charge >= 0.3 is 0 Å². The summed E-state index contributed by atoms with van der Waals surface area (Å²) in [6.07, 6.45) is 2.14. The van der Waals surface area contributed by atoms with Crippen molar-refractivity contribution in [3.63, 3.8) is 0 Å². The van der Waals surface area contributed by atoms with Crippen LogP contribution in [-0.2, 0) is 4.79 Å². The lowest BCUT2D eigenvalue weighted by Gasteiger charge is -2.23. The molecule has 64 valence electrons. The Morgan fingerprint density at radius 2 is 1.91 bits per heavy atom. The molecule has 0 aromatic carbocycles. The van der Waals surface area contributed by atoms with E-state index >= 15 is 0 Å². The summed E-state index contributed by atoms with van der Waals surface area (Å²) in [5.41, 5.74) is -0.364. The summed E-state index contributed by atoms with van der Waals surface area (Å²) < 4.78 is 0. The first-order valence-electron chi connectivity index (χ1n) is 3.74. The number of hydrogen-bond acceptors (Lipinski definition) is 2. The standard InChI is InChI=1S/C9H16O2/c1-5-6-7(10)8(11)9(2,3)4/h5-6,8,11H,1-4H3/b6-5+/t8-/m1/s1. The van der Waals surface area contributed by atoms with Gasteiger partial charge in [-0.1, -0.05) is 26.8 Å². The lowest BCUT2D eigenvalue weighted by Crippen LogP contribution is -2.32. The van der Waals surface area contributed by atoms with Crippen molar-refractivity contribution in [1.29, 1.82) is 0 Å². The quantitative estimate of drug-likeness (QED) is 0.616. The summed E-state index contributed by atoms with van der Waals surface area (Å²) in [6.45, 7) is 7.25. The summed E-state index contributed by atoms with van der Waals surface area (Å²) in [4.78, 5) is 11.1. The van der Waals surface area contributed by atoms with Crippen molar-refractivity contribution in [1.82, 2.24) is 0 Å². The molecule has 0 aliphatic heterocycles. The molecule has 0 heterocycles. The average molecular weight is 156 g/mol. The summed E-state index contributed by atoms with van der Waals surface area (Å²) in [5.74, 6) is -0.222. The van der Waals surface area contributed by atoms with Gasteiger partial charge in [-0.3, -0.25) is 4.79 Å². The summed E-state index contributed by atoms with van der Waals surface area (Å²) in [7, 11) is 0. The van der Waals surface area contributed by atoms with Crippen LogP contribution in [0.4, 0.5) is 0 Å². The highest BCUT2D eigenvalue weighted by atomic mass is 16.3. The van der Waals surface area contributed by atoms with Crippen molar-refractivity contribution in [2.45, 2.75) is 33.8 Å². The number of aliphatic hydroxyl groups is 1. The number of carbonyl (C=O) groups excluding carboxylic acids is 1. The molecule has 0 bridgehead atoms. The van der Waals surface area contributed by atoms with Crippen molar-refractivity contribution in [3.8, 4) is 0 Å². The average Bonchev–Trinajstić information content (AvgIpc) is 1.85. The van der Waals surface area contributed by atoms with Gasteiger partial charge in [-0.15, -0.1) is 0 Å². The third kappa shape index (κ3) is 3.33. The zero-order valence-corrected chi connectivity index (χ0v) is 7.59. The normalized spacial score (nSPS) is 15.4. The molecule has 0 aromatic heterocycles. The topological polar surface area (TPSA) is 37.3 Å². The zero-order chi connectivity index (χ0) is 9.07. The Morgan fingerprint density at radius 1 is 1.45 bits per heavy atom. The van der Waals surface area contributed by atoms with Gasteiger partial charge in [0.1, 0.15) is 6.10 Å². The monoisotopic (exact) mass is 156 g/mol. The Hall–Kier alpha value is -0.630. The van der Waals surface area contributed by atoms with Crippen molar-refractivity contribution < 1.29 is 9.90 Å². The van der Waals surface area contributed by atoms with E-state index in [1.165, 1.54) is 6.08 Å². The van der Waals surface area contributed by atoms with E-state index in [4.69, 9.17) is 0 Å². The van der Waals surface area contributed by atoms with Gasteiger partial charge in [-0.2, -0.15) is 0 Å². The smallest absolute Gasteiger partial charge is 0.184 e. The Kier molecular flexibility index (Phi) is 3.46. The third-order valence-corrected chi connectivity index (χ3v) is 1.42. The van der Waals surface area contributed by atoms with E-state index in [2.05, 4.69) is 0 Å². The molecule has 0 rings (SSSR count). The molecular weight excluding hydrogens is 140 g/mol. The fraction of sp³-hybridized carbons (Fsp3) is 0.667. The molecule has 2 nitrogen and oxygen atoms in total. The van der Waals surface area contributed by atoms with Gasteiger partial charge < -0.3 is 5.11 Å². The van der Waals surface area contributed by atoms with Gasteiger partial charge in [-0.05, 0) is 18.4 Å². The maximum Gasteiger partial charge on any atom is 0.184 e. The predicted octanol–water partition coefficient (Wildman–Crippen LogP) is 1.54. The van der Waals surface area contributed by atoms with Crippen molar-refractivity contribution in [3.05, 3.63) is 12.2 Å². The predicted molar refractivity (Wildman–Crippen MR) is 45.3 cm³/mol. The van der Waals surface area contributed by atoms with E-state index < -0.39 is 6.10 Å². The Morgan fingerprint density at radius 3 is 2.18 bits per heavy atom. The molecule has 1 N–H and O–H groups in total. The molecule has 2 heteroatoms. The van der Waals surface area contributed by atoms with Crippen LogP contribution in [0, 0.1) is 5.41 Å². The molecule has 0 spiro atoms. The number of ketones is 1. The molecule has 0 aromatic rings. The minimum Gasteiger partial charge on any atom is -0.384 e. The molecule has 0 saturated carbocycles. The van der Waals surface area contributed by atoms with E-state index in [0.29, 0.717) is 0 Å². The molecule has 0 saturated heterocycles. The van der Waals surface area contributed by atoms with Gasteiger partial charge in [0.15, 0.2) is 5.78 Å². The minimum absolute atomic E-state index is 0.222. The highest BCUT2D eigenvalue weighted by Crippen LogP contribution is 2.19. The minimum atomic E-state index is -0.890. The Labute approximate surface area is 67.9 Å². The fourth-order valence-corrected chi connectivity index (χ4v) is 0.682. The lowest BCUT2D eigenvalue weighted by atomic mass is 9.86. The second kappa shape index (κ2) is 3.67. The van der Waals surface area contributed by atoms with Crippen LogP contribution in [-0.4, -0.2) is 17.0 Å². The van der Waals surface area contributed by atoms with Gasteiger partial charge in [-0.25, -0.2) is 0 Å². The van der Waals surface area contributed by atoms with Crippen LogP contribution in [0.1, 0.15) is 27.7 Å². The van der Waals surface area contributed by atoms with Gasteiger partial charge in [0.25, 0.3) is 0 Å². The molecule has 11 heavy (non-hydrogen) atoms. The summed E-state index contributed by atoms with van der Waals surface area (Å²) >= 11 is 0. The number of rotatable bonds is 2. The maximum absolute atomic E-state index is 11.1. The molecular formula is C9H16O2. The first-order valence-corrected chi connectivity index (χ1v) is 3.74. The van der Waals surface area contributed by atoms with Crippen LogP contribution in [0.3, 0.4) is 0 Å². The second-order valence-corrected chi connectivity index (χ2v) is 3.67. The fourth-order valence-electron chi connectivity index (χ4n) is 0.682. The highest BCUT2D eigenvalue weighted by Gasteiger charge is 2.26. The molecule has 0 aliphatic rings. The van der Waals surface area contributed by atoms with E-state index in [1.54, 1.807) is 13.0 Å². The first-order chi connectivity index (χ1) is 4.89. The Balaban J connectivity index is 4.26. The van der Waals surface area contributed by atoms with Crippen molar-refractivity contribution >= 4 is 5.78 Å². The van der Waals surface area contributed by atoms with E-state index in [1.807, 2.05) is 20.8 Å². The highest BCUT2D eigenvalue weighted by molar-refractivity contribution is 5.93. The lowest BCUT2D eigenvalue weighted by molar-refractivity contribution is -0.127. The van der Waals surface area contributed by atoms with Crippen LogP contribution < -0.4 is 0 Å². The third-order valence-electron chi connectivity index (χ3n) is 1.42. The van der Waals surface area contributed by atoms with E-state index in [0.717, 1.165) is 0 Å². The molecule has 0 radical (unpaired) electrons. The van der Waals surface area contributed by atoms with Crippen LogP contribution >= 0.6 is 0 Å². The molecule has 0 fully saturated rings. The van der Waals surface area contributed by atoms with Gasteiger partial charge in [0, 0.05) is 0 Å². The molecule has 0 unspecified atom stereocenters. The number of carbonyl (C=O) groups is 1. The van der Waals surface area contributed by atoms with Crippen LogP contribution in [0.15, 0.2) is 12.2 Å². The second-order valence-electron chi connectivity index (χ2n) is 3.67. The summed E-state index contributed by atoms with van der Waals surface area (Å²) in [6, 6.07) is 0. The SMILES string of the molecule is C/C=C/C(=O)[C@@H](O)C(C)(C)C. The number of hydrogen-bond donors (Lipinski definition) is 1. The van der Waals surface area contributed by atoms with Gasteiger partial charge in [0.05, 0.1) is 0 Å². The molecule has 1 atom stereocenters. The zero-order valence-electron chi connectivity index (χ0n) is 7.59. The number of aliphatic hydroxyl groups excluding tert-OH is 1. The van der Waals surface area contributed by atoms with Crippen LogP contribution in [0.25, 0.3) is 0 Å². The van der Waals surface area contributed by atoms with Crippen molar-refractivity contribution in [2.75, 3.05) is 0 Å². The maximum atomic E-state index is 11.1. The van der Waals surface area contributed by atoms with E-state index in [-0.39, 0.29) is 11.2 Å². The first kappa shape index (κ1) is 10.4. The number of allylic oxidation sites excluding steroid dienone is 1. The van der Waals surface area contributed by atoms with E-state index in [9.17, 15) is 9.90 Å². The van der Waals surface area contributed by atoms with Crippen LogP contribution in [0.2, 0.25) is 0 Å². The van der Waals surface area contributed by atoms with Crippen LogP contribution in [0.5, 0.6) is 0 Å².